The molecule has 21 heavy (non-hydrogen) atoms. The van der Waals surface area contributed by atoms with Gasteiger partial charge in [-0.05, 0) is 47.9 Å². The standard InChI is InChI=1S/C16H14Br2O3/c1-21-15-6-5-13(18)8-11(15)9-14(16(19)20)10-3-2-4-12(17)7-10/h2-8,14H,9H2,1H3,(H,19,20). The average molecular weight is 414 g/mol. The molecule has 0 saturated carbocycles. The van der Waals surface area contributed by atoms with Crippen LogP contribution in [-0.4, -0.2) is 18.2 Å². The Hall–Kier alpha value is -1.33. The fraction of sp³-hybridized carbons (Fsp3) is 0.188. The number of methoxy groups -OCH3 is 1. The summed E-state index contributed by atoms with van der Waals surface area (Å²) in [5.41, 5.74) is 1.62. The lowest BCUT2D eigenvalue weighted by Gasteiger charge is -2.16. The lowest BCUT2D eigenvalue weighted by molar-refractivity contribution is -0.138. The molecule has 0 saturated heterocycles. The molecule has 1 N–H and O–H groups in total. The van der Waals surface area contributed by atoms with Gasteiger partial charge in [0.25, 0.3) is 0 Å². The molecule has 0 bridgehead atoms. The first kappa shape index (κ1) is 16.0. The van der Waals surface area contributed by atoms with Crippen molar-refractivity contribution in [1.82, 2.24) is 0 Å². The first-order chi connectivity index (χ1) is 10.0. The van der Waals surface area contributed by atoms with Crippen LogP contribution >= 0.6 is 31.9 Å². The molecule has 0 aliphatic heterocycles. The SMILES string of the molecule is COc1ccc(Br)cc1CC(C(=O)O)c1cccc(Br)c1. The van der Waals surface area contributed by atoms with E-state index in [9.17, 15) is 9.90 Å². The van der Waals surface area contributed by atoms with Gasteiger partial charge in [-0.25, -0.2) is 0 Å². The molecule has 0 aromatic heterocycles. The van der Waals surface area contributed by atoms with Gasteiger partial charge >= 0.3 is 5.97 Å². The quantitative estimate of drug-likeness (QED) is 0.777. The third kappa shape index (κ3) is 4.08. The van der Waals surface area contributed by atoms with E-state index in [4.69, 9.17) is 4.74 Å². The zero-order valence-corrected chi connectivity index (χ0v) is 14.5. The van der Waals surface area contributed by atoms with Crippen molar-refractivity contribution in [2.45, 2.75) is 12.3 Å². The highest BCUT2D eigenvalue weighted by atomic mass is 79.9. The number of benzene rings is 2. The molecule has 0 fully saturated rings. The van der Waals surface area contributed by atoms with Crippen LogP contribution < -0.4 is 4.74 Å². The Morgan fingerprint density at radius 3 is 2.52 bits per heavy atom. The van der Waals surface area contributed by atoms with Crippen molar-refractivity contribution in [1.29, 1.82) is 0 Å². The van der Waals surface area contributed by atoms with Crippen LogP contribution in [0.25, 0.3) is 0 Å². The molecule has 1 atom stereocenters. The van der Waals surface area contributed by atoms with Crippen molar-refractivity contribution >= 4 is 37.8 Å². The summed E-state index contributed by atoms with van der Waals surface area (Å²) in [7, 11) is 1.58. The van der Waals surface area contributed by atoms with E-state index < -0.39 is 11.9 Å². The molecule has 0 aliphatic carbocycles. The average Bonchev–Trinajstić information content (AvgIpc) is 2.44. The number of ether oxygens (including phenoxy) is 1. The van der Waals surface area contributed by atoms with Crippen LogP contribution in [0.15, 0.2) is 51.4 Å². The third-order valence-electron chi connectivity index (χ3n) is 3.22. The van der Waals surface area contributed by atoms with E-state index in [0.717, 1.165) is 20.1 Å². The molecular formula is C16H14Br2O3. The Morgan fingerprint density at radius 1 is 1.19 bits per heavy atom. The Kier molecular flexibility index (Phi) is 5.42. The first-order valence-electron chi connectivity index (χ1n) is 6.32. The predicted molar refractivity (Wildman–Crippen MR) is 88.9 cm³/mol. The molecule has 0 heterocycles. The Bertz CT molecular complexity index is 656. The van der Waals surface area contributed by atoms with E-state index in [-0.39, 0.29) is 0 Å². The molecule has 0 amide bonds. The monoisotopic (exact) mass is 412 g/mol. The van der Waals surface area contributed by atoms with Crippen molar-refractivity contribution < 1.29 is 14.6 Å². The van der Waals surface area contributed by atoms with E-state index in [0.29, 0.717) is 12.2 Å². The summed E-state index contributed by atoms with van der Waals surface area (Å²) in [5.74, 6) is -0.778. The maximum absolute atomic E-state index is 11.6. The Morgan fingerprint density at radius 2 is 1.90 bits per heavy atom. The van der Waals surface area contributed by atoms with Gasteiger partial charge in [0.1, 0.15) is 5.75 Å². The lowest BCUT2D eigenvalue weighted by atomic mass is 9.92. The van der Waals surface area contributed by atoms with Crippen LogP contribution in [0, 0.1) is 0 Å². The fourth-order valence-corrected chi connectivity index (χ4v) is 3.02. The number of rotatable bonds is 5. The van der Waals surface area contributed by atoms with Gasteiger partial charge in [0.2, 0.25) is 0 Å². The lowest BCUT2D eigenvalue weighted by Crippen LogP contribution is -2.15. The van der Waals surface area contributed by atoms with Crippen molar-refractivity contribution in [2.75, 3.05) is 7.11 Å². The fourth-order valence-electron chi connectivity index (χ4n) is 2.20. The summed E-state index contributed by atoms with van der Waals surface area (Å²) in [4.78, 5) is 11.6. The molecule has 110 valence electrons. The molecule has 3 nitrogen and oxygen atoms in total. The van der Waals surface area contributed by atoms with Gasteiger partial charge < -0.3 is 9.84 Å². The minimum absolute atomic E-state index is 0.369. The van der Waals surface area contributed by atoms with E-state index in [1.807, 2.05) is 42.5 Å². The molecular weight excluding hydrogens is 400 g/mol. The van der Waals surface area contributed by atoms with E-state index in [1.165, 1.54) is 0 Å². The van der Waals surface area contributed by atoms with Crippen LogP contribution in [0.5, 0.6) is 5.75 Å². The smallest absolute Gasteiger partial charge is 0.311 e. The highest BCUT2D eigenvalue weighted by Crippen LogP contribution is 2.30. The van der Waals surface area contributed by atoms with Crippen LogP contribution in [0.4, 0.5) is 0 Å². The second kappa shape index (κ2) is 7.09. The van der Waals surface area contributed by atoms with E-state index in [2.05, 4.69) is 31.9 Å². The molecule has 5 heteroatoms. The van der Waals surface area contributed by atoms with E-state index in [1.54, 1.807) is 7.11 Å². The van der Waals surface area contributed by atoms with E-state index >= 15 is 0 Å². The molecule has 2 aromatic rings. The maximum atomic E-state index is 11.6. The Balaban J connectivity index is 2.37. The number of halogens is 2. The van der Waals surface area contributed by atoms with Gasteiger partial charge in [-0.3, -0.25) is 4.79 Å². The summed E-state index contributed by atoms with van der Waals surface area (Å²) in [6.45, 7) is 0. The van der Waals surface area contributed by atoms with Gasteiger partial charge in [0.15, 0.2) is 0 Å². The first-order valence-corrected chi connectivity index (χ1v) is 7.90. The summed E-state index contributed by atoms with van der Waals surface area (Å²) < 4.78 is 7.09. The largest absolute Gasteiger partial charge is 0.496 e. The second-order valence-electron chi connectivity index (χ2n) is 4.61. The van der Waals surface area contributed by atoms with Crippen LogP contribution in [0.2, 0.25) is 0 Å². The number of hydrogen-bond donors (Lipinski definition) is 1. The summed E-state index contributed by atoms with van der Waals surface area (Å²) in [6.07, 6.45) is 0.369. The molecule has 1 unspecified atom stereocenters. The molecule has 2 aromatic carbocycles. The number of aliphatic carboxylic acids is 1. The highest BCUT2D eigenvalue weighted by Gasteiger charge is 2.22. The molecule has 2 rings (SSSR count). The second-order valence-corrected chi connectivity index (χ2v) is 6.44. The van der Waals surface area contributed by atoms with Gasteiger partial charge in [-0.15, -0.1) is 0 Å². The summed E-state index contributed by atoms with van der Waals surface area (Å²) in [5, 5.41) is 9.54. The molecule has 0 aliphatic rings. The van der Waals surface area contributed by atoms with Crippen molar-refractivity contribution in [2.24, 2.45) is 0 Å². The molecule has 0 spiro atoms. The summed E-state index contributed by atoms with van der Waals surface area (Å²) >= 11 is 6.79. The van der Waals surface area contributed by atoms with Crippen molar-refractivity contribution in [3.8, 4) is 5.75 Å². The Labute approximate surface area is 140 Å². The number of carboxylic acid groups (broad SMARTS) is 1. The van der Waals surface area contributed by atoms with Crippen LogP contribution in [0.1, 0.15) is 17.0 Å². The van der Waals surface area contributed by atoms with Gasteiger partial charge in [-0.1, -0.05) is 44.0 Å². The van der Waals surface area contributed by atoms with Crippen molar-refractivity contribution in [3.63, 3.8) is 0 Å². The third-order valence-corrected chi connectivity index (χ3v) is 4.20. The van der Waals surface area contributed by atoms with Gasteiger partial charge in [0, 0.05) is 8.95 Å². The minimum atomic E-state index is -0.852. The zero-order valence-electron chi connectivity index (χ0n) is 11.3. The maximum Gasteiger partial charge on any atom is 0.311 e. The summed E-state index contributed by atoms with van der Waals surface area (Å²) in [6, 6.07) is 13.0. The van der Waals surface area contributed by atoms with Gasteiger partial charge in [-0.2, -0.15) is 0 Å². The topological polar surface area (TPSA) is 46.5 Å². The van der Waals surface area contributed by atoms with Crippen LogP contribution in [0.3, 0.4) is 0 Å². The number of carboxylic acids is 1. The zero-order chi connectivity index (χ0) is 15.4. The van der Waals surface area contributed by atoms with Gasteiger partial charge in [0.05, 0.1) is 13.0 Å². The van der Waals surface area contributed by atoms with Crippen molar-refractivity contribution in [3.05, 3.63) is 62.5 Å². The highest BCUT2D eigenvalue weighted by molar-refractivity contribution is 9.10. The predicted octanol–water partition coefficient (Wildman–Crippen LogP) is 4.63. The number of hydrogen-bond acceptors (Lipinski definition) is 2. The normalized spacial score (nSPS) is 12.0. The minimum Gasteiger partial charge on any atom is -0.496 e. The molecule has 0 radical (unpaired) electrons. The van der Waals surface area contributed by atoms with Crippen LogP contribution in [-0.2, 0) is 11.2 Å². The number of carbonyl (C=O) groups is 1.